The van der Waals surface area contributed by atoms with Crippen molar-refractivity contribution < 1.29 is 18.6 Å². The lowest BCUT2D eigenvalue weighted by Crippen LogP contribution is -1.92. The van der Waals surface area contributed by atoms with Gasteiger partial charge in [0.25, 0.3) is 0 Å². The second-order valence-electron chi connectivity index (χ2n) is 4.05. The van der Waals surface area contributed by atoms with E-state index in [0.29, 0.717) is 22.6 Å². The van der Waals surface area contributed by atoms with Gasteiger partial charge in [-0.05, 0) is 17.7 Å². The van der Waals surface area contributed by atoms with E-state index in [0.717, 1.165) is 5.56 Å². The van der Waals surface area contributed by atoms with Crippen molar-refractivity contribution in [1.29, 1.82) is 0 Å². The average molecular weight is 341 g/mol. The maximum atomic E-state index is 13.9. The smallest absolute Gasteiger partial charge is 0.166 e. The highest BCUT2D eigenvalue weighted by atomic mass is 79.9. The molecule has 0 spiro atoms. The van der Waals surface area contributed by atoms with Crippen molar-refractivity contribution in [3.8, 4) is 23.0 Å². The van der Waals surface area contributed by atoms with Crippen LogP contribution in [0.25, 0.3) is 0 Å². The molecule has 0 aliphatic heterocycles. The fraction of sp³-hybridized carbons (Fsp3) is 0.200. The molecule has 0 radical (unpaired) electrons. The second-order valence-corrected chi connectivity index (χ2v) is 4.61. The van der Waals surface area contributed by atoms with E-state index in [-0.39, 0.29) is 5.75 Å². The van der Waals surface area contributed by atoms with Crippen LogP contribution >= 0.6 is 15.9 Å². The topological polar surface area (TPSA) is 27.7 Å². The van der Waals surface area contributed by atoms with Crippen molar-refractivity contribution in [3.05, 3.63) is 47.8 Å². The molecule has 0 saturated carbocycles. The van der Waals surface area contributed by atoms with Gasteiger partial charge in [-0.3, -0.25) is 0 Å². The van der Waals surface area contributed by atoms with Crippen LogP contribution in [0.3, 0.4) is 0 Å². The third-order valence-electron chi connectivity index (χ3n) is 2.70. The van der Waals surface area contributed by atoms with Gasteiger partial charge in [-0.15, -0.1) is 0 Å². The summed E-state index contributed by atoms with van der Waals surface area (Å²) in [6.07, 6.45) is 0. The molecule has 2 aromatic rings. The zero-order chi connectivity index (χ0) is 14.5. The number of benzene rings is 2. The molecule has 2 rings (SSSR count). The van der Waals surface area contributed by atoms with Crippen LogP contribution in [0.15, 0.2) is 36.4 Å². The number of methoxy groups -OCH3 is 2. The van der Waals surface area contributed by atoms with Crippen LogP contribution in [0.4, 0.5) is 4.39 Å². The van der Waals surface area contributed by atoms with Gasteiger partial charge in [0, 0.05) is 23.5 Å². The van der Waals surface area contributed by atoms with Gasteiger partial charge < -0.3 is 14.2 Å². The number of hydrogen-bond donors (Lipinski definition) is 0. The van der Waals surface area contributed by atoms with E-state index in [1.165, 1.54) is 6.07 Å². The first-order valence-corrected chi connectivity index (χ1v) is 7.03. The van der Waals surface area contributed by atoms with Crippen molar-refractivity contribution in [1.82, 2.24) is 0 Å². The summed E-state index contributed by atoms with van der Waals surface area (Å²) < 4.78 is 29.7. The van der Waals surface area contributed by atoms with E-state index < -0.39 is 5.82 Å². The molecule has 3 nitrogen and oxygen atoms in total. The number of halogens is 2. The van der Waals surface area contributed by atoms with Crippen LogP contribution in [-0.2, 0) is 5.33 Å². The van der Waals surface area contributed by atoms with E-state index in [4.69, 9.17) is 14.2 Å². The Morgan fingerprint density at radius 2 is 1.55 bits per heavy atom. The van der Waals surface area contributed by atoms with Crippen molar-refractivity contribution in [2.24, 2.45) is 0 Å². The normalized spacial score (nSPS) is 10.2. The third-order valence-corrected chi connectivity index (χ3v) is 3.35. The summed E-state index contributed by atoms with van der Waals surface area (Å²) in [4.78, 5) is 0. The van der Waals surface area contributed by atoms with E-state index >= 15 is 0 Å². The minimum atomic E-state index is -0.413. The van der Waals surface area contributed by atoms with Gasteiger partial charge >= 0.3 is 0 Å². The molecule has 2 aromatic carbocycles. The summed E-state index contributed by atoms with van der Waals surface area (Å²) in [6.45, 7) is 0. The van der Waals surface area contributed by atoms with Crippen LogP contribution in [0.1, 0.15) is 5.56 Å². The molecule has 0 atom stereocenters. The summed E-state index contributed by atoms with van der Waals surface area (Å²) >= 11 is 3.28. The SMILES string of the molecule is COc1cc(OC)cc(Oc2ccc(CBr)cc2F)c1. The first kappa shape index (κ1) is 14.7. The fourth-order valence-electron chi connectivity index (χ4n) is 1.68. The molecule has 0 unspecified atom stereocenters. The number of rotatable bonds is 5. The Kier molecular flexibility index (Phi) is 4.84. The third kappa shape index (κ3) is 3.42. The first-order valence-electron chi connectivity index (χ1n) is 5.91. The Balaban J connectivity index is 2.29. The lowest BCUT2D eigenvalue weighted by Gasteiger charge is -2.11. The summed E-state index contributed by atoms with van der Waals surface area (Å²) in [5, 5.41) is 0.594. The van der Waals surface area contributed by atoms with E-state index in [9.17, 15) is 4.39 Å². The molecule has 0 N–H and O–H groups in total. The van der Waals surface area contributed by atoms with Crippen molar-refractivity contribution in [3.63, 3.8) is 0 Å². The predicted molar refractivity (Wildman–Crippen MR) is 78.7 cm³/mol. The quantitative estimate of drug-likeness (QED) is 0.748. The second kappa shape index (κ2) is 6.61. The van der Waals surface area contributed by atoms with Crippen LogP contribution in [0.2, 0.25) is 0 Å². The molecule has 0 fully saturated rings. The van der Waals surface area contributed by atoms with Crippen LogP contribution in [0.5, 0.6) is 23.0 Å². The molecule has 0 heterocycles. The molecule has 20 heavy (non-hydrogen) atoms. The highest BCUT2D eigenvalue weighted by molar-refractivity contribution is 9.08. The minimum absolute atomic E-state index is 0.157. The summed E-state index contributed by atoms with van der Waals surface area (Å²) in [5.74, 6) is 1.36. The molecular formula is C15H14BrFO3. The van der Waals surface area contributed by atoms with Gasteiger partial charge in [0.2, 0.25) is 0 Å². The van der Waals surface area contributed by atoms with Crippen LogP contribution in [0, 0.1) is 5.82 Å². The zero-order valence-corrected chi connectivity index (χ0v) is 12.7. The van der Waals surface area contributed by atoms with Gasteiger partial charge in [-0.25, -0.2) is 4.39 Å². The predicted octanol–water partition coefficient (Wildman–Crippen LogP) is 4.53. The zero-order valence-electron chi connectivity index (χ0n) is 11.2. The van der Waals surface area contributed by atoms with Gasteiger partial charge in [-0.2, -0.15) is 0 Å². The Morgan fingerprint density at radius 3 is 2.05 bits per heavy atom. The van der Waals surface area contributed by atoms with Gasteiger partial charge in [0.05, 0.1) is 14.2 Å². The Labute approximate surface area is 125 Å². The maximum Gasteiger partial charge on any atom is 0.166 e. The maximum absolute atomic E-state index is 13.9. The van der Waals surface area contributed by atoms with Crippen LogP contribution in [-0.4, -0.2) is 14.2 Å². The van der Waals surface area contributed by atoms with Crippen molar-refractivity contribution in [2.75, 3.05) is 14.2 Å². The fourth-order valence-corrected chi connectivity index (χ4v) is 2.03. The molecule has 0 aromatic heterocycles. The van der Waals surface area contributed by atoms with Crippen molar-refractivity contribution in [2.45, 2.75) is 5.33 Å². The molecule has 0 aliphatic rings. The van der Waals surface area contributed by atoms with E-state index in [1.54, 1.807) is 44.6 Å². The van der Waals surface area contributed by atoms with Gasteiger partial charge in [-0.1, -0.05) is 22.0 Å². The minimum Gasteiger partial charge on any atom is -0.496 e. The Morgan fingerprint density at radius 1 is 0.950 bits per heavy atom. The molecule has 0 aliphatic carbocycles. The highest BCUT2D eigenvalue weighted by Gasteiger charge is 2.08. The molecule has 106 valence electrons. The Bertz CT molecular complexity index is 579. The number of alkyl halides is 1. The summed E-state index contributed by atoms with van der Waals surface area (Å²) in [6, 6.07) is 9.88. The summed E-state index contributed by atoms with van der Waals surface area (Å²) in [5.41, 5.74) is 0.845. The lowest BCUT2D eigenvalue weighted by molar-refractivity contribution is 0.383. The van der Waals surface area contributed by atoms with Crippen molar-refractivity contribution >= 4 is 15.9 Å². The molecule has 5 heteroatoms. The number of ether oxygens (including phenoxy) is 3. The van der Waals surface area contributed by atoms with Crippen LogP contribution < -0.4 is 14.2 Å². The number of hydrogen-bond acceptors (Lipinski definition) is 3. The van der Waals surface area contributed by atoms with Gasteiger partial charge in [0.15, 0.2) is 11.6 Å². The van der Waals surface area contributed by atoms with E-state index in [1.807, 2.05) is 0 Å². The molecular weight excluding hydrogens is 327 g/mol. The van der Waals surface area contributed by atoms with Gasteiger partial charge in [0.1, 0.15) is 17.2 Å². The molecule has 0 bridgehead atoms. The Hall–Kier alpha value is -1.75. The monoisotopic (exact) mass is 340 g/mol. The molecule has 0 saturated heterocycles. The average Bonchev–Trinajstić information content (AvgIpc) is 2.48. The molecule has 0 amide bonds. The summed E-state index contributed by atoms with van der Waals surface area (Å²) in [7, 11) is 3.09. The largest absolute Gasteiger partial charge is 0.496 e. The first-order chi connectivity index (χ1) is 9.66. The standard InChI is InChI=1S/C15H14BrFO3/c1-18-11-6-12(19-2)8-13(7-11)20-15-4-3-10(9-16)5-14(15)17/h3-8H,9H2,1-2H3. The highest BCUT2D eigenvalue weighted by Crippen LogP contribution is 2.32. The lowest BCUT2D eigenvalue weighted by atomic mass is 10.2. The van der Waals surface area contributed by atoms with E-state index in [2.05, 4.69) is 15.9 Å².